The Kier molecular flexibility index (Phi) is 2.99. The highest BCUT2D eigenvalue weighted by molar-refractivity contribution is 5.90. The van der Waals surface area contributed by atoms with E-state index in [1.807, 2.05) is 0 Å². The van der Waals surface area contributed by atoms with Crippen LogP contribution in [-0.4, -0.2) is 17.7 Å². The van der Waals surface area contributed by atoms with Crippen LogP contribution >= 0.6 is 0 Å². The Bertz CT molecular complexity index is 399. The van der Waals surface area contributed by atoms with Crippen LogP contribution in [0.5, 0.6) is 5.75 Å². The molecule has 0 bridgehead atoms. The molecule has 0 heterocycles. The number of benzene rings is 1. The van der Waals surface area contributed by atoms with Crippen molar-refractivity contribution in [3.05, 3.63) is 23.8 Å². The average Bonchev–Trinajstić information content (AvgIpc) is 3.06. The molecule has 1 aromatic carbocycles. The van der Waals surface area contributed by atoms with Crippen molar-refractivity contribution in [2.24, 2.45) is 5.92 Å². The lowest BCUT2D eigenvalue weighted by Crippen LogP contribution is -2.07. The summed E-state index contributed by atoms with van der Waals surface area (Å²) in [7, 11) is 0. The minimum atomic E-state index is -0.382. The van der Waals surface area contributed by atoms with E-state index in [0.29, 0.717) is 12.2 Å². The van der Waals surface area contributed by atoms with Crippen molar-refractivity contribution in [1.82, 2.24) is 0 Å². The van der Waals surface area contributed by atoms with Crippen LogP contribution in [0.25, 0.3) is 0 Å². The van der Waals surface area contributed by atoms with E-state index in [0.717, 1.165) is 12.3 Å². The fourth-order valence-corrected chi connectivity index (χ4v) is 1.49. The molecule has 16 heavy (non-hydrogen) atoms. The zero-order valence-electron chi connectivity index (χ0n) is 8.98. The maximum atomic E-state index is 11.6. The van der Waals surface area contributed by atoms with E-state index in [4.69, 9.17) is 10.5 Å². The number of ether oxygens (including phenoxy) is 1. The van der Waals surface area contributed by atoms with E-state index in [-0.39, 0.29) is 17.4 Å². The van der Waals surface area contributed by atoms with Crippen LogP contribution in [0.1, 0.15) is 29.6 Å². The van der Waals surface area contributed by atoms with Crippen LogP contribution in [0.3, 0.4) is 0 Å². The highest BCUT2D eigenvalue weighted by Gasteiger charge is 2.21. The van der Waals surface area contributed by atoms with Crippen LogP contribution in [0.4, 0.5) is 5.69 Å². The summed E-state index contributed by atoms with van der Waals surface area (Å²) in [6.07, 6.45) is 3.45. The molecule has 0 atom stereocenters. The number of phenolic OH excluding ortho intramolecular Hbond substituents is 1. The monoisotopic (exact) mass is 221 g/mol. The van der Waals surface area contributed by atoms with Gasteiger partial charge in [0.05, 0.1) is 17.9 Å². The van der Waals surface area contributed by atoms with Gasteiger partial charge >= 0.3 is 5.97 Å². The van der Waals surface area contributed by atoms with Gasteiger partial charge in [-0.1, -0.05) is 12.8 Å². The summed E-state index contributed by atoms with van der Waals surface area (Å²) in [5.41, 5.74) is 6.06. The summed E-state index contributed by atoms with van der Waals surface area (Å²) in [6, 6.07) is 4.33. The molecule has 0 amide bonds. The molecule has 0 radical (unpaired) electrons. The van der Waals surface area contributed by atoms with Gasteiger partial charge in [0.15, 0.2) is 0 Å². The highest BCUT2D eigenvalue weighted by Crippen LogP contribution is 2.32. The first kappa shape index (κ1) is 10.8. The summed E-state index contributed by atoms with van der Waals surface area (Å²) in [5.74, 6) is 0.347. The third kappa shape index (κ3) is 2.66. The zero-order chi connectivity index (χ0) is 11.5. The number of aromatic hydroxyl groups is 1. The van der Waals surface area contributed by atoms with E-state index in [1.54, 1.807) is 0 Å². The molecular formula is C12H15NO3. The fourth-order valence-electron chi connectivity index (χ4n) is 1.49. The third-order valence-electron chi connectivity index (χ3n) is 2.72. The number of carbonyl (C=O) groups excluding carboxylic acids is 1. The van der Waals surface area contributed by atoms with Crippen molar-refractivity contribution in [1.29, 1.82) is 0 Å². The SMILES string of the molecule is Nc1cc(C(=O)OCCC2CC2)ccc1O. The molecule has 1 fully saturated rings. The molecule has 1 saturated carbocycles. The molecule has 0 aliphatic heterocycles. The highest BCUT2D eigenvalue weighted by atomic mass is 16.5. The van der Waals surface area contributed by atoms with E-state index >= 15 is 0 Å². The normalized spacial score (nSPS) is 14.8. The van der Waals surface area contributed by atoms with E-state index in [1.165, 1.54) is 31.0 Å². The van der Waals surface area contributed by atoms with E-state index < -0.39 is 0 Å². The van der Waals surface area contributed by atoms with Crippen molar-refractivity contribution in [3.63, 3.8) is 0 Å². The second kappa shape index (κ2) is 4.43. The van der Waals surface area contributed by atoms with Gasteiger partial charge in [0.2, 0.25) is 0 Å². The smallest absolute Gasteiger partial charge is 0.338 e. The summed E-state index contributed by atoms with van der Waals surface area (Å²) in [4.78, 5) is 11.6. The summed E-state index contributed by atoms with van der Waals surface area (Å²) in [6.45, 7) is 0.463. The number of hydrogen-bond acceptors (Lipinski definition) is 4. The number of hydrogen-bond donors (Lipinski definition) is 2. The molecular weight excluding hydrogens is 206 g/mol. The third-order valence-corrected chi connectivity index (χ3v) is 2.72. The maximum absolute atomic E-state index is 11.6. The lowest BCUT2D eigenvalue weighted by atomic mass is 10.2. The first-order valence-corrected chi connectivity index (χ1v) is 5.42. The number of nitrogen functional groups attached to an aromatic ring is 1. The van der Waals surface area contributed by atoms with Gasteiger partial charge in [0.1, 0.15) is 5.75 Å². The second-order valence-electron chi connectivity index (χ2n) is 4.14. The molecule has 86 valence electrons. The van der Waals surface area contributed by atoms with Crippen molar-refractivity contribution in [2.75, 3.05) is 12.3 Å². The van der Waals surface area contributed by atoms with Gasteiger partial charge in [-0.05, 0) is 30.5 Å². The Morgan fingerprint density at radius 2 is 2.25 bits per heavy atom. The topological polar surface area (TPSA) is 72.6 Å². The first-order valence-electron chi connectivity index (χ1n) is 5.42. The molecule has 2 rings (SSSR count). The summed E-state index contributed by atoms with van der Waals surface area (Å²) in [5, 5.41) is 9.21. The minimum absolute atomic E-state index is 0.0190. The average molecular weight is 221 g/mol. The lowest BCUT2D eigenvalue weighted by molar-refractivity contribution is 0.0495. The van der Waals surface area contributed by atoms with Gasteiger partial charge in [-0.2, -0.15) is 0 Å². The number of phenols is 1. The van der Waals surface area contributed by atoms with Crippen molar-refractivity contribution < 1.29 is 14.6 Å². The fraction of sp³-hybridized carbons (Fsp3) is 0.417. The van der Waals surface area contributed by atoms with Crippen LogP contribution in [0.15, 0.2) is 18.2 Å². The Morgan fingerprint density at radius 3 is 2.88 bits per heavy atom. The Labute approximate surface area is 94.0 Å². The number of nitrogens with two attached hydrogens (primary N) is 1. The minimum Gasteiger partial charge on any atom is -0.506 e. The molecule has 1 aliphatic carbocycles. The van der Waals surface area contributed by atoms with E-state index in [2.05, 4.69) is 0 Å². The van der Waals surface area contributed by atoms with Gasteiger partial charge < -0.3 is 15.6 Å². The largest absolute Gasteiger partial charge is 0.506 e. The maximum Gasteiger partial charge on any atom is 0.338 e. The summed E-state index contributed by atoms with van der Waals surface area (Å²) >= 11 is 0. The second-order valence-corrected chi connectivity index (χ2v) is 4.14. The molecule has 0 unspecified atom stereocenters. The predicted molar refractivity (Wildman–Crippen MR) is 60.1 cm³/mol. The molecule has 4 nitrogen and oxygen atoms in total. The van der Waals surface area contributed by atoms with E-state index in [9.17, 15) is 9.90 Å². The van der Waals surface area contributed by atoms with Gasteiger partial charge in [0.25, 0.3) is 0 Å². The molecule has 0 saturated heterocycles. The number of rotatable bonds is 4. The zero-order valence-corrected chi connectivity index (χ0v) is 8.98. The molecule has 1 aromatic rings. The van der Waals surface area contributed by atoms with Gasteiger partial charge in [0, 0.05) is 0 Å². The first-order chi connectivity index (χ1) is 7.66. The molecule has 0 spiro atoms. The van der Waals surface area contributed by atoms with Gasteiger partial charge in [-0.3, -0.25) is 0 Å². The Balaban J connectivity index is 1.88. The van der Waals surface area contributed by atoms with Gasteiger partial charge in [-0.15, -0.1) is 0 Å². The molecule has 1 aliphatic rings. The Hall–Kier alpha value is -1.71. The lowest BCUT2D eigenvalue weighted by Gasteiger charge is -2.05. The predicted octanol–water partition coefficient (Wildman–Crippen LogP) is 1.93. The standard InChI is InChI=1S/C12H15NO3/c13-10-7-9(3-4-11(10)14)12(15)16-6-5-8-1-2-8/h3-4,7-8,14H,1-2,5-6,13H2. The van der Waals surface area contributed by atoms with Crippen LogP contribution < -0.4 is 5.73 Å². The number of anilines is 1. The van der Waals surface area contributed by atoms with Crippen LogP contribution in [0, 0.1) is 5.92 Å². The van der Waals surface area contributed by atoms with Crippen LogP contribution in [-0.2, 0) is 4.74 Å². The molecule has 0 aromatic heterocycles. The van der Waals surface area contributed by atoms with Crippen LogP contribution in [0.2, 0.25) is 0 Å². The number of esters is 1. The van der Waals surface area contributed by atoms with Crippen molar-refractivity contribution >= 4 is 11.7 Å². The number of carbonyl (C=O) groups is 1. The Morgan fingerprint density at radius 1 is 1.50 bits per heavy atom. The van der Waals surface area contributed by atoms with Gasteiger partial charge in [-0.25, -0.2) is 4.79 Å². The van der Waals surface area contributed by atoms with Crippen molar-refractivity contribution in [2.45, 2.75) is 19.3 Å². The van der Waals surface area contributed by atoms with Crippen molar-refractivity contribution in [3.8, 4) is 5.75 Å². The summed E-state index contributed by atoms with van der Waals surface area (Å²) < 4.78 is 5.10. The molecule has 4 heteroatoms. The quantitative estimate of drug-likeness (QED) is 0.463. The molecule has 3 N–H and O–H groups in total.